The molecule has 170 valence electrons. The number of aliphatic hydroxyl groups excluding tert-OH is 1. The van der Waals surface area contributed by atoms with E-state index in [-0.39, 0.29) is 28.0 Å². The lowest BCUT2D eigenvalue weighted by atomic mass is 9.85. The second kappa shape index (κ2) is 8.24. The Morgan fingerprint density at radius 3 is 2.45 bits per heavy atom. The van der Waals surface area contributed by atoms with E-state index in [4.69, 9.17) is 9.15 Å². The van der Waals surface area contributed by atoms with Crippen molar-refractivity contribution in [2.45, 2.75) is 32.2 Å². The number of ether oxygens (including phenoxy) is 1. The fourth-order valence-corrected chi connectivity index (χ4v) is 3.95. The van der Waals surface area contributed by atoms with Gasteiger partial charge in [-0.25, -0.2) is 4.39 Å². The molecule has 1 aliphatic heterocycles. The van der Waals surface area contributed by atoms with Crippen molar-refractivity contribution in [3.8, 4) is 5.75 Å². The van der Waals surface area contributed by atoms with Crippen LogP contribution in [-0.2, 0) is 15.0 Å². The van der Waals surface area contributed by atoms with Crippen molar-refractivity contribution in [2.75, 3.05) is 12.0 Å². The lowest BCUT2D eigenvalue weighted by Crippen LogP contribution is -2.29. The molecule has 1 aliphatic rings. The van der Waals surface area contributed by atoms with Gasteiger partial charge < -0.3 is 14.3 Å². The van der Waals surface area contributed by atoms with Gasteiger partial charge in [0.25, 0.3) is 11.7 Å². The summed E-state index contributed by atoms with van der Waals surface area (Å²) in [5.74, 6) is -2.15. The second-order valence-corrected chi connectivity index (χ2v) is 8.83. The first-order valence-corrected chi connectivity index (χ1v) is 10.4. The lowest BCUT2D eigenvalue weighted by Gasteiger charge is -2.24. The smallest absolute Gasteiger partial charge is 0.300 e. The van der Waals surface area contributed by atoms with Gasteiger partial charge in [0.05, 0.1) is 24.5 Å². The molecule has 1 amide bonds. The van der Waals surface area contributed by atoms with Gasteiger partial charge in [-0.3, -0.25) is 14.5 Å². The molecular formula is C26H24FNO5. The summed E-state index contributed by atoms with van der Waals surface area (Å²) in [6, 6.07) is 12.8. The quantitative estimate of drug-likeness (QED) is 0.330. The molecule has 4 rings (SSSR count). The first-order chi connectivity index (χ1) is 15.6. The zero-order chi connectivity index (χ0) is 23.9. The maximum Gasteiger partial charge on any atom is 0.300 e. The van der Waals surface area contributed by atoms with E-state index in [1.165, 1.54) is 31.6 Å². The first-order valence-electron chi connectivity index (χ1n) is 10.4. The van der Waals surface area contributed by atoms with Crippen LogP contribution >= 0.6 is 0 Å². The molecule has 0 bridgehead atoms. The van der Waals surface area contributed by atoms with E-state index in [1.54, 1.807) is 24.3 Å². The number of anilines is 1. The molecule has 0 spiro atoms. The molecule has 1 aromatic heterocycles. The van der Waals surface area contributed by atoms with Crippen LogP contribution in [0.2, 0.25) is 0 Å². The Bertz CT molecular complexity index is 1250. The minimum absolute atomic E-state index is 0.163. The number of furan rings is 1. The van der Waals surface area contributed by atoms with E-state index < -0.39 is 29.3 Å². The van der Waals surface area contributed by atoms with Crippen molar-refractivity contribution >= 4 is 23.1 Å². The minimum atomic E-state index is -1.08. The average Bonchev–Trinajstić information content (AvgIpc) is 3.39. The van der Waals surface area contributed by atoms with E-state index in [2.05, 4.69) is 0 Å². The van der Waals surface area contributed by atoms with Crippen molar-refractivity contribution < 1.29 is 28.2 Å². The zero-order valence-corrected chi connectivity index (χ0v) is 18.8. The third kappa shape index (κ3) is 3.91. The number of hydrogen-bond donors (Lipinski definition) is 1. The van der Waals surface area contributed by atoms with Crippen LogP contribution in [-0.4, -0.2) is 23.9 Å². The number of benzene rings is 2. The molecule has 0 aliphatic carbocycles. The molecular weight excluding hydrogens is 425 g/mol. The first kappa shape index (κ1) is 22.3. The summed E-state index contributed by atoms with van der Waals surface area (Å²) < 4.78 is 24.9. The van der Waals surface area contributed by atoms with E-state index in [0.717, 1.165) is 16.5 Å². The number of nitrogens with zero attached hydrogens (tertiary/aromatic N) is 1. The van der Waals surface area contributed by atoms with Gasteiger partial charge in [-0.05, 0) is 53.4 Å². The average molecular weight is 449 g/mol. The van der Waals surface area contributed by atoms with Crippen LogP contribution in [0.25, 0.3) is 5.76 Å². The number of Topliss-reactive ketones (excluding diaryl/α,β-unsaturated/α-hetero) is 1. The molecule has 33 heavy (non-hydrogen) atoms. The van der Waals surface area contributed by atoms with Crippen LogP contribution in [0.3, 0.4) is 0 Å². The van der Waals surface area contributed by atoms with Crippen LogP contribution in [0.4, 0.5) is 10.1 Å². The van der Waals surface area contributed by atoms with Gasteiger partial charge in [0.15, 0.2) is 0 Å². The van der Waals surface area contributed by atoms with Crippen molar-refractivity contribution in [3.05, 3.63) is 89.1 Å². The number of carbonyl (C=O) groups excluding carboxylic acids is 2. The maximum absolute atomic E-state index is 14.0. The largest absolute Gasteiger partial charge is 0.507 e. The molecule has 1 atom stereocenters. The van der Waals surface area contributed by atoms with Gasteiger partial charge in [0, 0.05) is 5.69 Å². The van der Waals surface area contributed by atoms with Crippen LogP contribution in [0, 0.1) is 5.82 Å². The standard InChI is InChI=1S/C26H24FNO5/c1-26(2,3)15-10-11-19(32-4)18(13-15)23(29)21-22(20-9-6-12-33-20)28(25(31)24(21)30)17-8-5-7-16(27)14-17/h5-14,22,29H,1-4H3/b23-21+. The van der Waals surface area contributed by atoms with E-state index in [0.29, 0.717) is 5.75 Å². The third-order valence-corrected chi connectivity index (χ3v) is 5.66. The molecule has 1 unspecified atom stereocenters. The Morgan fingerprint density at radius 2 is 1.85 bits per heavy atom. The summed E-state index contributed by atoms with van der Waals surface area (Å²) in [7, 11) is 1.46. The van der Waals surface area contributed by atoms with Crippen molar-refractivity contribution in [3.63, 3.8) is 0 Å². The Balaban J connectivity index is 1.97. The summed E-state index contributed by atoms with van der Waals surface area (Å²) >= 11 is 0. The van der Waals surface area contributed by atoms with Gasteiger partial charge in [-0.15, -0.1) is 0 Å². The van der Waals surface area contributed by atoms with Crippen LogP contribution in [0.5, 0.6) is 5.75 Å². The molecule has 2 heterocycles. The van der Waals surface area contributed by atoms with Gasteiger partial charge in [-0.2, -0.15) is 0 Å². The Labute approximate surface area is 190 Å². The zero-order valence-electron chi connectivity index (χ0n) is 18.8. The third-order valence-electron chi connectivity index (χ3n) is 5.66. The summed E-state index contributed by atoms with van der Waals surface area (Å²) in [6.07, 6.45) is 1.40. The van der Waals surface area contributed by atoms with E-state index in [1.807, 2.05) is 26.8 Å². The second-order valence-electron chi connectivity index (χ2n) is 8.83. The lowest BCUT2D eigenvalue weighted by molar-refractivity contribution is -0.132. The summed E-state index contributed by atoms with van der Waals surface area (Å²) in [6.45, 7) is 6.05. The fraction of sp³-hybridized carbons (Fsp3) is 0.231. The molecule has 0 radical (unpaired) electrons. The number of ketones is 1. The van der Waals surface area contributed by atoms with E-state index in [9.17, 15) is 19.1 Å². The number of aliphatic hydroxyl groups is 1. The summed E-state index contributed by atoms with van der Waals surface area (Å²) in [4.78, 5) is 27.4. The number of rotatable bonds is 4. The topological polar surface area (TPSA) is 80.0 Å². The molecule has 0 saturated carbocycles. The predicted molar refractivity (Wildman–Crippen MR) is 122 cm³/mol. The van der Waals surface area contributed by atoms with E-state index >= 15 is 0 Å². The van der Waals surface area contributed by atoms with Crippen LogP contribution in [0.15, 0.2) is 70.9 Å². The summed E-state index contributed by atoms with van der Waals surface area (Å²) in [5, 5.41) is 11.4. The van der Waals surface area contributed by atoms with Crippen molar-refractivity contribution in [2.24, 2.45) is 0 Å². The van der Waals surface area contributed by atoms with Gasteiger partial charge in [0.2, 0.25) is 0 Å². The highest BCUT2D eigenvalue weighted by Gasteiger charge is 2.48. The molecule has 3 aromatic rings. The van der Waals surface area contributed by atoms with Gasteiger partial charge in [0.1, 0.15) is 29.1 Å². The van der Waals surface area contributed by atoms with Crippen LogP contribution < -0.4 is 9.64 Å². The van der Waals surface area contributed by atoms with Crippen molar-refractivity contribution in [1.29, 1.82) is 0 Å². The monoisotopic (exact) mass is 449 g/mol. The molecule has 6 nitrogen and oxygen atoms in total. The molecule has 7 heteroatoms. The van der Waals surface area contributed by atoms with Gasteiger partial charge >= 0.3 is 0 Å². The van der Waals surface area contributed by atoms with Gasteiger partial charge in [-0.1, -0.05) is 32.9 Å². The Morgan fingerprint density at radius 1 is 1.09 bits per heavy atom. The normalized spacial score (nSPS) is 18.1. The molecule has 1 saturated heterocycles. The summed E-state index contributed by atoms with van der Waals surface area (Å²) in [5.41, 5.74) is 0.948. The number of carbonyl (C=O) groups is 2. The fourth-order valence-electron chi connectivity index (χ4n) is 3.95. The number of methoxy groups -OCH3 is 1. The highest BCUT2D eigenvalue weighted by Crippen LogP contribution is 2.44. The van der Waals surface area contributed by atoms with Crippen molar-refractivity contribution in [1.82, 2.24) is 0 Å². The highest BCUT2D eigenvalue weighted by molar-refractivity contribution is 6.51. The van der Waals surface area contributed by atoms with Crippen LogP contribution in [0.1, 0.15) is 43.7 Å². The SMILES string of the molecule is COc1ccc(C(C)(C)C)cc1/C(O)=C1\C(=O)C(=O)N(c2cccc(F)c2)C1c1ccco1. The highest BCUT2D eigenvalue weighted by atomic mass is 19.1. The molecule has 1 N–H and O–H groups in total. The molecule has 1 fully saturated rings. The number of amides is 1. The maximum atomic E-state index is 14.0. The number of hydrogen-bond acceptors (Lipinski definition) is 5. The minimum Gasteiger partial charge on any atom is -0.507 e. The Hall–Kier alpha value is -3.87. The number of halogens is 1. The predicted octanol–water partition coefficient (Wildman–Crippen LogP) is 5.35. The Kier molecular flexibility index (Phi) is 5.57. The molecule has 2 aromatic carbocycles.